The van der Waals surface area contributed by atoms with Gasteiger partial charge in [0.25, 0.3) is 0 Å². The Bertz CT molecular complexity index is 1090. The highest BCUT2D eigenvalue weighted by Crippen LogP contribution is 2.48. The van der Waals surface area contributed by atoms with E-state index < -0.39 is 11.6 Å². The van der Waals surface area contributed by atoms with Gasteiger partial charge in [-0.3, -0.25) is 0 Å². The lowest BCUT2D eigenvalue weighted by Crippen LogP contribution is -2.55. The van der Waals surface area contributed by atoms with E-state index in [4.69, 9.17) is 4.74 Å². The van der Waals surface area contributed by atoms with Crippen LogP contribution >= 0.6 is 0 Å². The Kier molecular flexibility index (Phi) is 5.27. The van der Waals surface area contributed by atoms with Crippen molar-refractivity contribution >= 4 is 5.97 Å². The molecule has 6 nitrogen and oxygen atoms in total. The summed E-state index contributed by atoms with van der Waals surface area (Å²) in [5.41, 5.74) is 2.22. The molecule has 2 aromatic carbocycles. The first-order valence-corrected chi connectivity index (χ1v) is 11.2. The summed E-state index contributed by atoms with van der Waals surface area (Å²) in [4.78, 5) is 21.8. The summed E-state index contributed by atoms with van der Waals surface area (Å²) in [7, 11) is 2.20. The van der Waals surface area contributed by atoms with Gasteiger partial charge in [0.1, 0.15) is 12.9 Å². The summed E-state index contributed by atoms with van der Waals surface area (Å²) in [5, 5.41) is 11.7. The van der Waals surface area contributed by atoms with Gasteiger partial charge in [-0.25, -0.2) is 14.8 Å². The highest BCUT2D eigenvalue weighted by Gasteiger charge is 2.50. The van der Waals surface area contributed by atoms with Crippen LogP contribution in [0.4, 0.5) is 0 Å². The van der Waals surface area contributed by atoms with Gasteiger partial charge in [0.05, 0.1) is 20.1 Å². The van der Waals surface area contributed by atoms with E-state index in [-0.39, 0.29) is 6.10 Å². The number of hydrogen-bond acceptors (Lipinski definition) is 5. The summed E-state index contributed by atoms with van der Waals surface area (Å²) < 4.78 is 6.82. The summed E-state index contributed by atoms with van der Waals surface area (Å²) in [5.74, 6) is -0.579. The van der Waals surface area contributed by atoms with E-state index in [1.54, 1.807) is 12.5 Å². The van der Waals surface area contributed by atoms with Crippen molar-refractivity contribution in [3.8, 4) is 11.1 Å². The summed E-state index contributed by atoms with van der Waals surface area (Å²) >= 11 is 0. The molecule has 2 atom stereocenters. The predicted molar refractivity (Wildman–Crippen MR) is 121 cm³/mol. The number of ether oxygens (including phenoxy) is 1. The van der Waals surface area contributed by atoms with Gasteiger partial charge in [-0.2, -0.15) is 0 Å². The Balaban J connectivity index is 1.34. The molecule has 0 spiro atoms. The molecule has 0 amide bonds. The molecule has 1 aliphatic carbocycles. The zero-order valence-electron chi connectivity index (χ0n) is 18.3. The number of aromatic nitrogens is 2. The van der Waals surface area contributed by atoms with Gasteiger partial charge >= 0.3 is 5.97 Å². The first-order valence-electron chi connectivity index (χ1n) is 11.2. The van der Waals surface area contributed by atoms with Crippen molar-refractivity contribution in [3.05, 3.63) is 83.9 Å². The number of piperidine rings is 1. The number of fused-ring (bicyclic) bond motifs is 3. The number of likely N-dealkylation sites (N-methyl/N-ethyl adjacent to an activating group) is 1. The van der Waals surface area contributed by atoms with E-state index in [9.17, 15) is 9.90 Å². The average Bonchev–Trinajstić information content (AvgIpc) is 3.09. The van der Waals surface area contributed by atoms with E-state index in [1.165, 1.54) is 0 Å². The van der Waals surface area contributed by atoms with Crippen molar-refractivity contribution in [2.75, 3.05) is 26.7 Å². The number of carbonyl (C=O) groups is 1. The van der Waals surface area contributed by atoms with Gasteiger partial charge < -0.3 is 14.3 Å². The molecule has 0 bridgehead atoms. The van der Waals surface area contributed by atoms with E-state index in [1.807, 2.05) is 54.6 Å². The quantitative estimate of drug-likeness (QED) is 0.498. The molecule has 1 fully saturated rings. The van der Waals surface area contributed by atoms with Gasteiger partial charge in [-0.05, 0) is 23.6 Å². The van der Waals surface area contributed by atoms with Crippen molar-refractivity contribution in [2.45, 2.75) is 31.0 Å². The molecule has 2 aliphatic rings. The predicted octanol–water partition coefficient (Wildman–Crippen LogP) is 3.09. The standard InChI is InChI=1S/C26H28N3O3/c1-29(16-13-19-12-14-27-18-28-19)15-6-7-20(17-29)32-25(30)26(31)23-10-4-2-8-21(23)22-9-3-5-11-24(22)26/h2-5,8-12,14,18,20,31H,6-7,13,15-17H2,1H3/q+1/t20?,29-/m1/s1. The van der Waals surface area contributed by atoms with E-state index in [2.05, 4.69) is 17.0 Å². The third-order valence-corrected chi connectivity index (χ3v) is 6.91. The summed E-state index contributed by atoms with van der Waals surface area (Å²) in [6.07, 6.45) is 5.76. The van der Waals surface area contributed by atoms with Gasteiger partial charge in [0.2, 0.25) is 5.60 Å². The van der Waals surface area contributed by atoms with E-state index in [0.29, 0.717) is 11.1 Å². The number of esters is 1. The molecule has 32 heavy (non-hydrogen) atoms. The molecule has 1 unspecified atom stereocenters. The maximum absolute atomic E-state index is 13.5. The second-order valence-corrected chi connectivity index (χ2v) is 9.17. The van der Waals surface area contributed by atoms with Gasteiger partial charge in [-0.15, -0.1) is 0 Å². The van der Waals surface area contributed by atoms with Crippen LogP contribution in [0.15, 0.2) is 67.1 Å². The van der Waals surface area contributed by atoms with Crippen LogP contribution in [-0.2, 0) is 21.6 Å². The zero-order valence-corrected chi connectivity index (χ0v) is 18.3. The number of benzene rings is 2. The van der Waals surface area contributed by atoms with Crippen LogP contribution in [0.1, 0.15) is 29.7 Å². The zero-order chi connectivity index (χ0) is 22.2. The molecule has 3 aromatic rings. The number of rotatable bonds is 5. The minimum absolute atomic E-state index is 0.226. The molecular formula is C26H28N3O3+. The van der Waals surface area contributed by atoms with Crippen LogP contribution in [0, 0.1) is 0 Å². The number of nitrogens with zero attached hydrogens (tertiary/aromatic N) is 3. The van der Waals surface area contributed by atoms with Crippen molar-refractivity contribution in [2.24, 2.45) is 0 Å². The van der Waals surface area contributed by atoms with E-state index in [0.717, 1.165) is 60.2 Å². The third-order valence-electron chi connectivity index (χ3n) is 6.91. The molecule has 0 radical (unpaired) electrons. The largest absolute Gasteiger partial charge is 0.454 e. The molecule has 1 N–H and O–H groups in total. The molecule has 164 valence electrons. The molecule has 1 aromatic heterocycles. The molecule has 2 heterocycles. The Morgan fingerprint density at radius 3 is 2.47 bits per heavy atom. The van der Waals surface area contributed by atoms with Crippen LogP contribution < -0.4 is 0 Å². The monoisotopic (exact) mass is 430 g/mol. The van der Waals surface area contributed by atoms with Gasteiger partial charge in [0, 0.05) is 35.9 Å². The van der Waals surface area contributed by atoms with Crippen LogP contribution in [0.3, 0.4) is 0 Å². The Morgan fingerprint density at radius 2 is 1.81 bits per heavy atom. The van der Waals surface area contributed by atoms with Crippen LogP contribution in [0.5, 0.6) is 0 Å². The Morgan fingerprint density at radius 1 is 1.12 bits per heavy atom. The molecule has 1 saturated heterocycles. The SMILES string of the molecule is C[N@+]1(CCc2ccncn2)CCCC(OC(=O)C2(O)c3ccccc3-c3ccccc32)C1. The lowest BCUT2D eigenvalue weighted by Gasteiger charge is -2.41. The van der Waals surface area contributed by atoms with Gasteiger partial charge in [-0.1, -0.05) is 48.5 Å². The maximum Gasteiger partial charge on any atom is 0.348 e. The number of likely N-dealkylation sites (tertiary alicyclic amines) is 1. The average molecular weight is 431 g/mol. The maximum atomic E-state index is 13.5. The second kappa shape index (κ2) is 8.11. The summed E-state index contributed by atoms with van der Waals surface area (Å²) in [6.45, 7) is 2.69. The highest BCUT2D eigenvalue weighted by atomic mass is 16.6. The summed E-state index contributed by atoms with van der Waals surface area (Å²) in [6, 6.07) is 17.0. The van der Waals surface area contributed by atoms with Crippen molar-refractivity contribution < 1.29 is 19.1 Å². The number of hydrogen-bond donors (Lipinski definition) is 1. The highest BCUT2D eigenvalue weighted by molar-refractivity contribution is 5.96. The third kappa shape index (κ3) is 3.59. The Hall–Kier alpha value is -3.09. The second-order valence-electron chi connectivity index (χ2n) is 9.17. The van der Waals surface area contributed by atoms with Crippen molar-refractivity contribution in [1.29, 1.82) is 0 Å². The topological polar surface area (TPSA) is 72.3 Å². The lowest BCUT2D eigenvalue weighted by molar-refractivity contribution is -0.916. The van der Waals surface area contributed by atoms with E-state index >= 15 is 0 Å². The minimum Gasteiger partial charge on any atom is -0.454 e. The van der Waals surface area contributed by atoms with Crippen LogP contribution in [0.2, 0.25) is 0 Å². The Labute approximate surface area is 188 Å². The fraction of sp³-hybridized carbons (Fsp3) is 0.346. The van der Waals surface area contributed by atoms with Crippen LogP contribution in [0.25, 0.3) is 11.1 Å². The first kappa shape index (κ1) is 20.8. The number of quaternary nitrogens is 1. The number of aliphatic hydroxyl groups is 1. The fourth-order valence-electron chi connectivity index (χ4n) is 5.19. The van der Waals surface area contributed by atoms with Crippen LogP contribution in [-0.4, -0.2) is 58.3 Å². The number of carbonyl (C=O) groups excluding carboxylic acids is 1. The lowest BCUT2D eigenvalue weighted by atomic mass is 9.91. The fourth-order valence-corrected chi connectivity index (χ4v) is 5.19. The molecule has 6 heteroatoms. The molecule has 0 saturated carbocycles. The van der Waals surface area contributed by atoms with Gasteiger partial charge in [0.15, 0.2) is 6.10 Å². The molecule has 5 rings (SSSR count). The molecule has 1 aliphatic heterocycles. The smallest absolute Gasteiger partial charge is 0.348 e. The molecular weight excluding hydrogens is 402 g/mol. The van der Waals surface area contributed by atoms with Crippen molar-refractivity contribution in [1.82, 2.24) is 9.97 Å². The minimum atomic E-state index is -1.77. The first-order chi connectivity index (χ1) is 15.5. The normalized spacial score (nSPS) is 23.2. The van der Waals surface area contributed by atoms with Crippen molar-refractivity contribution in [3.63, 3.8) is 0 Å².